The second kappa shape index (κ2) is 25.2. The number of methoxy groups -OCH3 is 3. The summed E-state index contributed by atoms with van der Waals surface area (Å²) in [5.74, 6) is -3.74. The molecule has 21 rings (SSSR count). The molecule has 6 aromatic carbocycles. The normalized spacial score (nSPS) is 25.9. The average molecular weight is 1540 g/mol. The first-order valence-electron chi connectivity index (χ1n) is 37.5. The third-order valence-corrected chi connectivity index (χ3v) is 25.5. The van der Waals surface area contributed by atoms with E-state index in [2.05, 4.69) is 31.9 Å². The van der Waals surface area contributed by atoms with Gasteiger partial charge in [0.1, 0.15) is 72.9 Å². The van der Waals surface area contributed by atoms with Gasteiger partial charge in [-0.25, -0.2) is 4.39 Å². The van der Waals surface area contributed by atoms with Gasteiger partial charge in [0.25, 0.3) is 17.7 Å². The Bertz CT molecular complexity index is 6030. The number of ketones is 2. The van der Waals surface area contributed by atoms with E-state index < -0.39 is 74.5 Å². The zero-order chi connectivity index (χ0) is 79.2. The van der Waals surface area contributed by atoms with Gasteiger partial charge in [-0.3, -0.25) is 83.1 Å². The second-order valence-corrected chi connectivity index (χ2v) is 31.6. The summed E-state index contributed by atoms with van der Waals surface area (Å²) in [6.45, 7) is 0.447. The Morgan fingerprint density at radius 1 is 0.421 bits per heavy atom. The molecule has 12 aliphatic rings. The van der Waals surface area contributed by atoms with E-state index in [-0.39, 0.29) is 128 Å². The summed E-state index contributed by atoms with van der Waals surface area (Å²) in [4.78, 5) is 183. The second-order valence-electron chi connectivity index (χ2n) is 31.6. The molecule has 0 radical (unpaired) electrons. The first-order chi connectivity index (χ1) is 54.7. The molecule has 9 aromatic rings. The average Bonchev–Trinajstić information content (AvgIpc) is 1.56. The molecule has 30 heteroatoms. The van der Waals surface area contributed by atoms with Crippen LogP contribution in [0.1, 0.15) is 163 Å². The first kappa shape index (κ1) is 71.2. The number of Topliss-reactive ketones (excluding diaryl/α,β-unsaturated/α-hetero) is 2. The topological polar surface area (TPSA) is 388 Å². The zero-order valence-corrected chi connectivity index (χ0v) is 61.6. The van der Waals surface area contributed by atoms with Gasteiger partial charge in [-0.15, -0.1) is 0 Å². The molecular formula is C84H70FN9O20. The van der Waals surface area contributed by atoms with Gasteiger partial charge in [0.2, 0.25) is 53.2 Å². The molecule has 0 saturated carbocycles. The SMILES string of the molecule is COc1ccc2c(c1)C(=O)N(C[C@@]1(c3cc4ccc5c(c4o3)CCC53CCC(=O)N3)CC(=O)NC1=O)C2.COc1ccc2c(c1)C(=O)N(C[C@@]1(c3cc4ccc5c(c4o3)CCC53NC(=O)CC3=O)CC(=O)NC1=O)C2.COc1ccc2c(c1F)C(=O)N(C[C@@]1(c3cc4c5c(ccc4o3)C3(CC5)NC(=O)CC3=O)CC(=O)NC1=O)C2. The maximum absolute atomic E-state index is 14.9. The minimum Gasteiger partial charge on any atom is -0.497 e. The van der Waals surface area contributed by atoms with Gasteiger partial charge >= 0.3 is 0 Å². The van der Waals surface area contributed by atoms with Crippen LogP contribution in [0.25, 0.3) is 32.9 Å². The summed E-state index contributed by atoms with van der Waals surface area (Å²) in [5.41, 5.74) is 3.09. The number of fused-ring (bicyclic) bond motifs is 15. The van der Waals surface area contributed by atoms with Crippen LogP contribution in [0.15, 0.2) is 116 Å². The van der Waals surface area contributed by atoms with Crippen molar-refractivity contribution in [3.63, 3.8) is 0 Å². The van der Waals surface area contributed by atoms with Gasteiger partial charge < -0.3 is 58.1 Å². The largest absolute Gasteiger partial charge is 0.497 e. The quantitative estimate of drug-likeness (QED) is 0.0622. The maximum Gasteiger partial charge on any atom is 0.257 e. The standard InChI is InChI=1S/C28H22FN3O7.C28H23N3O7.C28H25N3O6/c1-38-18-4-2-13-11-32(25(36)23(13)24(18)29)12-27(10-22(35)30-26(27)37)20-8-15-14-6-7-28(19(33)9-21(34)31-28)16(14)3-5-17(15)39-20;1-37-16-4-2-15-12-31(25(35)18(15)9-16)13-27(11-23(34)29-26(27)36)21-8-14-3-5-19-17(24(14)38-21)6-7-28(19)20(32)10-22(33)30-28;1-36-17-4-2-16-13-31(25(34)19(16)11-17)14-27(12-23(33)29-26(27)35)21-10-15-3-5-20-18(24(15)37-21)6-8-28(20)9-7-22(32)30-28/h2-5,8H,6-7,9-12H2,1H3,(H,31,34)(H,30,35,37);2-5,8-9H,6-7,10-13H2,1H3,(H,30,33)(H,29,34,36);2-5,10-11H,6-9,12-14H2,1H3,(H,30,32)(H,29,33,35)/t3*27-,28?/m111/s1. The number of hydrogen-bond donors (Lipinski definition) is 6. The number of carbonyl (C=O) groups excluding carboxylic acids is 14. The number of nitrogens with zero attached hydrogens (tertiary/aromatic N) is 3. The summed E-state index contributed by atoms with van der Waals surface area (Å²) in [5, 5.41) is 18.3. The Balaban J connectivity index is 0.000000115. The van der Waals surface area contributed by atoms with Crippen LogP contribution in [0.5, 0.6) is 17.2 Å². The van der Waals surface area contributed by atoms with Crippen molar-refractivity contribution < 1.29 is 99.0 Å². The summed E-state index contributed by atoms with van der Waals surface area (Å²) in [6, 6.07) is 30.0. The van der Waals surface area contributed by atoms with Gasteiger partial charge in [-0.05, 0) is 138 Å². The molecule has 12 amide bonds. The molecule has 0 bridgehead atoms. The molecule has 578 valence electrons. The molecule has 6 N–H and O–H groups in total. The molecule has 29 nitrogen and oxygen atoms in total. The molecule has 3 aromatic heterocycles. The van der Waals surface area contributed by atoms with E-state index in [1.165, 1.54) is 25.2 Å². The molecule has 6 fully saturated rings. The highest BCUT2D eigenvalue weighted by Crippen LogP contribution is 2.52. The number of halogens is 1. The van der Waals surface area contributed by atoms with Crippen LogP contribution in [-0.4, -0.2) is 138 Å². The van der Waals surface area contributed by atoms with Gasteiger partial charge in [0.15, 0.2) is 23.1 Å². The third kappa shape index (κ3) is 10.4. The van der Waals surface area contributed by atoms with Crippen LogP contribution in [0.4, 0.5) is 4.39 Å². The fraction of sp³-hybridized carbons (Fsp3) is 0.333. The molecule has 3 aliphatic carbocycles. The summed E-state index contributed by atoms with van der Waals surface area (Å²) >= 11 is 0. The van der Waals surface area contributed by atoms with Crippen molar-refractivity contribution in [2.45, 2.75) is 136 Å². The number of ether oxygens (including phenoxy) is 3. The van der Waals surface area contributed by atoms with Gasteiger partial charge in [-0.1, -0.05) is 48.5 Å². The van der Waals surface area contributed by atoms with Crippen LogP contribution in [0.2, 0.25) is 0 Å². The van der Waals surface area contributed by atoms with Crippen LogP contribution >= 0.6 is 0 Å². The molecule has 114 heavy (non-hydrogen) atoms. The zero-order valence-electron chi connectivity index (χ0n) is 61.6. The van der Waals surface area contributed by atoms with Crippen molar-refractivity contribution in [3.8, 4) is 17.2 Å². The number of nitrogens with one attached hydrogen (secondary N) is 6. The van der Waals surface area contributed by atoms with Crippen LogP contribution in [0, 0.1) is 5.82 Å². The molecule has 6 atom stereocenters. The highest BCUT2D eigenvalue weighted by molar-refractivity contribution is 6.15. The predicted molar refractivity (Wildman–Crippen MR) is 393 cm³/mol. The van der Waals surface area contributed by atoms with Gasteiger partial charge in [0, 0.05) is 84.1 Å². The van der Waals surface area contributed by atoms with Gasteiger partial charge in [0.05, 0.1) is 64.5 Å². The Morgan fingerprint density at radius 3 is 1.34 bits per heavy atom. The predicted octanol–water partition coefficient (Wildman–Crippen LogP) is 5.80. The van der Waals surface area contributed by atoms with Crippen molar-refractivity contribution in [3.05, 3.63) is 193 Å². The van der Waals surface area contributed by atoms with E-state index in [0.29, 0.717) is 112 Å². The number of hydrogen-bond acceptors (Lipinski definition) is 20. The molecule has 3 unspecified atom stereocenters. The first-order valence-corrected chi connectivity index (χ1v) is 37.5. The molecule has 3 spiro atoms. The van der Waals surface area contributed by atoms with Crippen molar-refractivity contribution in [2.24, 2.45) is 0 Å². The molecule has 9 aliphatic heterocycles. The number of benzene rings is 6. The Kier molecular flexibility index (Phi) is 15.7. The van der Waals surface area contributed by atoms with E-state index in [1.54, 1.807) is 77.6 Å². The fourth-order valence-corrected chi connectivity index (χ4v) is 19.8. The summed E-state index contributed by atoms with van der Waals surface area (Å²) < 4.78 is 49.4. The Labute approximate surface area is 645 Å². The number of furan rings is 3. The lowest BCUT2D eigenvalue weighted by Crippen LogP contribution is -2.46. The summed E-state index contributed by atoms with van der Waals surface area (Å²) in [7, 11) is 4.38. The van der Waals surface area contributed by atoms with E-state index in [4.69, 9.17) is 27.5 Å². The minimum atomic E-state index is -1.53. The Hall–Kier alpha value is -13.2. The highest BCUT2D eigenvalue weighted by atomic mass is 19.1. The Morgan fingerprint density at radius 2 is 0.868 bits per heavy atom. The number of rotatable bonds is 12. The monoisotopic (exact) mass is 1540 g/mol. The number of amides is 12. The van der Waals surface area contributed by atoms with Crippen molar-refractivity contribution in [1.29, 1.82) is 0 Å². The third-order valence-electron chi connectivity index (χ3n) is 25.5. The van der Waals surface area contributed by atoms with Crippen molar-refractivity contribution in [1.82, 2.24) is 46.6 Å². The number of carbonyl (C=O) groups is 14. The summed E-state index contributed by atoms with van der Waals surface area (Å²) in [6.07, 6.45) is 3.88. The molecule has 6 saturated heterocycles. The lowest BCUT2D eigenvalue weighted by molar-refractivity contribution is -0.128. The fourth-order valence-electron chi connectivity index (χ4n) is 19.8. The smallest absolute Gasteiger partial charge is 0.257 e. The van der Waals surface area contributed by atoms with Crippen molar-refractivity contribution >= 4 is 115 Å². The minimum absolute atomic E-state index is 0.0163. The van der Waals surface area contributed by atoms with E-state index in [0.717, 1.165) is 63.4 Å². The van der Waals surface area contributed by atoms with Crippen LogP contribution < -0.4 is 46.1 Å². The van der Waals surface area contributed by atoms with E-state index in [9.17, 15) is 71.5 Å². The van der Waals surface area contributed by atoms with Gasteiger partial charge in [-0.2, -0.15) is 0 Å². The maximum atomic E-state index is 14.9. The lowest BCUT2D eigenvalue weighted by Gasteiger charge is -2.28. The van der Waals surface area contributed by atoms with E-state index >= 15 is 0 Å². The highest BCUT2D eigenvalue weighted by Gasteiger charge is 2.59. The van der Waals surface area contributed by atoms with Crippen LogP contribution in [0.3, 0.4) is 0 Å². The molecule has 12 heterocycles. The number of aryl methyl sites for hydroxylation is 3. The van der Waals surface area contributed by atoms with Crippen LogP contribution in [-0.2, 0) is 124 Å². The lowest BCUT2D eigenvalue weighted by atomic mass is 9.82. The number of imide groups is 3. The van der Waals surface area contributed by atoms with Crippen molar-refractivity contribution in [2.75, 3.05) is 41.0 Å². The van der Waals surface area contributed by atoms with E-state index in [1.807, 2.05) is 36.4 Å². The molecular weight excluding hydrogens is 1470 g/mol.